The van der Waals surface area contributed by atoms with Crippen LogP contribution < -0.4 is 0 Å². The van der Waals surface area contributed by atoms with Crippen molar-refractivity contribution in [3.05, 3.63) is 34.4 Å². The van der Waals surface area contributed by atoms with E-state index in [1.165, 1.54) is 10.9 Å². The first kappa shape index (κ1) is 9.43. The smallest absolute Gasteiger partial charge is 0.0690 e. The molecule has 1 aromatic carbocycles. The maximum Gasteiger partial charge on any atom is 0.0690 e. The number of nitrogens with one attached hydrogen (secondary N) is 1. The highest BCUT2D eigenvalue weighted by Crippen LogP contribution is 2.38. The van der Waals surface area contributed by atoms with E-state index in [4.69, 9.17) is 0 Å². The Hall–Kier alpha value is -0.800. The van der Waals surface area contributed by atoms with Crippen LogP contribution in [0.1, 0.15) is 18.4 Å². The number of hydrogen-bond donors (Lipinski definition) is 2. The molecule has 2 N–H and O–H groups in total. The molecule has 1 heterocycles. The fraction of sp³-hybridized carbons (Fsp3) is 0.333. The molecule has 0 atom stereocenters. The largest absolute Gasteiger partial charge is 0.390 e. The zero-order chi connectivity index (χ0) is 10.5. The van der Waals surface area contributed by atoms with Gasteiger partial charge in [-0.3, -0.25) is 0 Å². The molecule has 1 saturated carbocycles. The number of aromatic amines is 1. The van der Waals surface area contributed by atoms with Crippen LogP contribution in [0.3, 0.4) is 0 Å². The molecule has 1 fully saturated rings. The second-order valence-corrected chi connectivity index (χ2v) is 5.27. The minimum atomic E-state index is -0.406. The number of H-pyrrole nitrogens is 1. The molecule has 78 valence electrons. The van der Waals surface area contributed by atoms with Gasteiger partial charge in [0.05, 0.1) is 5.60 Å². The monoisotopic (exact) mass is 265 g/mol. The minimum Gasteiger partial charge on any atom is -0.390 e. The average molecular weight is 266 g/mol. The van der Waals surface area contributed by atoms with Crippen LogP contribution in [0.25, 0.3) is 10.9 Å². The molecule has 3 rings (SSSR count). The SMILES string of the molecule is OC1(Cc2ccc3[nH]cc(Br)c3c2)CC1. The highest BCUT2D eigenvalue weighted by atomic mass is 79.9. The predicted octanol–water partition coefficient (Wildman–Crippen LogP) is 3.00. The summed E-state index contributed by atoms with van der Waals surface area (Å²) in [4.78, 5) is 3.18. The number of rotatable bonds is 2. The van der Waals surface area contributed by atoms with Gasteiger partial charge in [-0.2, -0.15) is 0 Å². The minimum absolute atomic E-state index is 0.406. The summed E-state index contributed by atoms with van der Waals surface area (Å²) in [5, 5.41) is 11.0. The third-order valence-electron chi connectivity index (χ3n) is 3.06. The van der Waals surface area contributed by atoms with Crippen LogP contribution in [0, 0.1) is 0 Å². The van der Waals surface area contributed by atoms with E-state index < -0.39 is 5.60 Å². The van der Waals surface area contributed by atoms with Crippen molar-refractivity contribution in [2.24, 2.45) is 0 Å². The van der Waals surface area contributed by atoms with E-state index in [1.54, 1.807) is 0 Å². The lowest BCUT2D eigenvalue weighted by Crippen LogP contribution is -2.10. The second-order valence-electron chi connectivity index (χ2n) is 4.42. The van der Waals surface area contributed by atoms with Crippen LogP contribution >= 0.6 is 15.9 Å². The van der Waals surface area contributed by atoms with Crippen LogP contribution in [0.2, 0.25) is 0 Å². The van der Waals surface area contributed by atoms with E-state index >= 15 is 0 Å². The molecular weight excluding hydrogens is 254 g/mol. The molecule has 0 amide bonds. The van der Waals surface area contributed by atoms with Crippen molar-refractivity contribution in [3.8, 4) is 0 Å². The summed E-state index contributed by atoms with van der Waals surface area (Å²) in [6, 6.07) is 6.30. The summed E-state index contributed by atoms with van der Waals surface area (Å²) in [6.45, 7) is 0. The third-order valence-corrected chi connectivity index (χ3v) is 3.71. The van der Waals surface area contributed by atoms with Gasteiger partial charge < -0.3 is 10.1 Å². The third kappa shape index (κ3) is 1.70. The lowest BCUT2D eigenvalue weighted by atomic mass is 10.1. The number of fused-ring (bicyclic) bond motifs is 1. The van der Waals surface area contributed by atoms with Gasteiger partial charge in [-0.05, 0) is 46.5 Å². The van der Waals surface area contributed by atoms with E-state index in [2.05, 4.69) is 39.1 Å². The summed E-state index contributed by atoms with van der Waals surface area (Å²) >= 11 is 3.50. The molecule has 0 unspecified atom stereocenters. The van der Waals surface area contributed by atoms with Crippen molar-refractivity contribution >= 4 is 26.8 Å². The molecule has 2 nitrogen and oxygen atoms in total. The summed E-state index contributed by atoms with van der Waals surface area (Å²) in [7, 11) is 0. The predicted molar refractivity (Wildman–Crippen MR) is 63.9 cm³/mol. The fourth-order valence-corrected chi connectivity index (χ4v) is 2.39. The van der Waals surface area contributed by atoms with Crippen molar-refractivity contribution in [2.45, 2.75) is 24.9 Å². The first-order valence-corrected chi connectivity index (χ1v) is 5.94. The summed E-state index contributed by atoms with van der Waals surface area (Å²) < 4.78 is 1.09. The second kappa shape index (κ2) is 3.09. The van der Waals surface area contributed by atoms with Crippen molar-refractivity contribution in [2.75, 3.05) is 0 Å². The molecule has 0 spiro atoms. The van der Waals surface area contributed by atoms with E-state index in [-0.39, 0.29) is 0 Å². The number of hydrogen-bond acceptors (Lipinski definition) is 1. The van der Waals surface area contributed by atoms with E-state index in [0.29, 0.717) is 0 Å². The molecule has 2 aromatic rings. The summed E-state index contributed by atoms with van der Waals surface area (Å²) in [6.07, 6.45) is 4.61. The molecule has 1 aliphatic carbocycles. The Balaban J connectivity index is 2.01. The average Bonchev–Trinajstić information content (AvgIpc) is 2.82. The quantitative estimate of drug-likeness (QED) is 0.861. The van der Waals surface area contributed by atoms with E-state index in [9.17, 15) is 5.11 Å². The molecule has 1 aromatic heterocycles. The van der Waals surface area contributed by atoms with Crippen LogP contribution in [0.4, 0.5) is 0 Å². The number of benzene rings is 1. The standard InChI is InChI=1S/C12H12BrNO/c13-10-7-14-11-2-1-8(5-9(10)11)6-12(15)3-4-12/h1-2,5,7,14-15H,3-4,6H2. The highest BCUT2D eigenvalue weighted by Gasteiger charge is 2.40. The van der Waals surface area contributed by atoms with Crippen molar-refractivity contribution in [1.29, 1.82) is 0 Å². The topological polar surface area (TPSA) is 36.0 Å². The Morgan fingerprint density at radius 2 is 2.20 bits per heavy atom. The van der Waals surface area contributed by atoms with Crippen molar-refractivity contribution < 1.29 is 5.11 Å². The lowest BCUT2D eigenvalue weighted by Gasteiger charge is -2.07. The zero-order valence-corrected chi connectivity index (χ0v) is 9.84. The maximum atomic E-state index is 9.85. The lowest BCUT2D eigenvalue weighted by molar-refractivity contribution is 0.151. The Morgan fingerprint density at radius 3 is 2.93 bits per heavy atom. The molecule has 15 heavy (non-hydrogen) atoms. The molecule has 0 bridgehead atoms. The highest BCUT2D eigenvalue weighted by molar-refractivity contribution is 9.10. The fourth-order valence-electron chi connectivity index (χ4n) is 1.94. The Morgan fingerprint density at radius 1 is 1.40 bits per heavy atom. The van der Waals surface area contributed by atoms with Gasteiger partial charge in [0.1, 0.15) is 0 Å². The van der Waals surface area contributed by atoms with E-state index in [1.807, 2.05) is 6.20 Å². The number of aromatic nitrogens is 1. The maximum absolute atomic E-state index is 9.85. The Bertz CT molecular complexity index is 513. The van der Waals surface area contributed by atoms with E-state index in [0.717, 1.165) is 29.3 Å². The van der Waals surface area contributed by atoms with Gasteiger partial charge in [0, 0.05) is 28.0 Å². The molecule has 1 aliphatic rings. The zero-order valence-electron chi connectivity index (χ0n) is 8.26. The van der Waals surface area contributed by atoms with Gasteiger partial charge in [-0.25, -0.2) is 0 Å². The van der Waals surface area contributed by atoms with Crippen molar-refractivity contribution in [3.63, 3.8) is 0 Å². The van der Waals surface area contributed by atoms with Crippen LogP contribution in [0.5, 0.6) is 0 Å². The molecule has 0 radical (unpaired) electrons. The molecule has 3 heteroatoms. The van der Waals surface area contributed by atoms with Gasteiger partial charge in [0.2, 0.25) is 0 Å². The van der Waals surface area contributed by atoms with Gasteiger partial charge in [0.15, 0.2) is 0 Å². The van der Waals surface area contributed by atoms with Gasteiger partial charge in [-0.15, -0.1) is 0 Å². The van der Waals surface area contributed by atoms with Gasteiger partial charge in [0.25, 0.3) is 0 Å². The van der Waals surface area contributed by atoms with Gasteiger partial charge in [-0.1, -0.05) is 6.07 Å². The number of aliphatic hydroxyl groups is 1. The first-order chi connectivity index (χ1) is 7.16. The molecular formula is C12H12BrNO. The Labute approximate surface area is 96.4 Å². The van der Waals surface area contributed by atoms with Crippen LogP contribution in [0.15, 0.2) is 28.9 Å². The van der Waals surface area contributed by atoms with Crippen LogP contribution in [-0.2, 0) is 6.42 Å². The van der Waals surface area contributed by atoms with Gasteiger partial charge >= 0.3 is 0 Å². The molecule has 0 saturated heterocycles. The molecule has 0 aliphatic heterocycles. The summed E-state index contributed by atoms with van der Waals surface area (Å²) in [5.41, 5.74) is 1.94. The normalized spacial score (nSPS) is 18.3. The Kier molecular flexibility index (Phi) is 1.94. The van der Waals surface area contributed by atoms with Crippen LogP contribution in [-0.4, -0.2) is 15.7 Å². The first-order valence-electron chi connectivity index (χ1n) is 5.14. The summed E-state index contributed by atoms with van der Waals surface area (Å²) in [5.74, 6) is 0. The number of halogens is 1. The van der Waals surface area contributed by atoms with Crippen molar-refractivity contribution in [1.82, 2.24) is 4.98 Å².